The third-order valence-electron chi connectivity index (χ3n) is 4.65. The molecule has 1 aliphatic heterocycles. The molecule has 3 aromatic rings. The first-order valence-electron chi connectivity index (χ1n) is 9.16. The minimum atomic E-state index is -0.489. The number of carbonyl (C=O) groups excluding carboxylic acids is 3. The Hall–Kier alpha value is -3.77. The zero-order valence-electron chi connectivity index (χ0n) is 15.7. The van der Waals surface area contributed by atoms with E-state index in [1.54, 1.807) is 60.9 Å². The molecule has 0 saturated carbocycles. The van der Waals surface area contributed by atoms with E-state index in [0.717, 1.165) is 5.56 Å². The number of Topliss-reactive ketones (excluding diaryl/α,β-unsaturated/α-hetero) is 1. The number of benzene rings is 2. The maximum absolute atomic E-state index is 13.0. The number of nitrogens with one attached hydrogen (secondary N) is 2. The molecule has 7 heteroatoms. The summed E-state index contributed by atoms with van der Waals surface area (Å²) in [7, 11) is 0. The van der Waals surface area contributed by atoms with Crippen LogP contribution in [0.4, 0.5) is 5.69 Å². The van der Waals surface area contributed by atoms with Crippen molar-refractivity contribution in [3.8, 4) is 0 Å². The highest BCUT2D eigenvalue weighted by Gasteiger charge is 2.29. The molecule has 0 atom stereocenters. The average Bonchev–Trinajstić information content (AvgIpc) is 2.77. The molecule has 0 fully saturated rings. The summed E-state index contributed by atoms with van der Waals surface area (Å²) >= 11 is 5.88. The number of aromatic nitrogens is 1. The van der Waals surface area contributed by atoms with E-state index in [2.05, 4.69) is 15.6 Å². The number of amides is 2. The normalized spacial score (nSPS) is 14.2. The lowest BCUT2D eigenvalue weighted by atomic mass is 9.93. The van der Waals surface area contributed by atoms with Gasteiger partial charge in [-0.3, -0.25) is 19.4 Å². The van der Waals surface area contributed by atoms with Gasteiger partial charge in [-0.25, -0.2) is 0 Å². The molecule has 2 heterocycles. The number of nitrogens with zero attached hydrogens (tertiary/aromatic N) is 1. The van der Waals surface area contributed by atoms with Crippen LogP contribution < -0.4 is 10.6 Å². The van der Waals surface area contributed by atoms with Crippen molar-refractivity contribution in [1.82, 2.24) is 10.3 Å². The van der Waals surface area contributed by atoms with Gasteiger partial charge in [-0.05, 0) is 59.7 Å². The number of halogens is 1. The Kier molecular flexibility index (Phi) is 5.41. The van der Waals surface area contributed by atoms with Crippen molar-refractivity contribution in [3.05, 3.63) is 99.8 Å². The predicted octanol–water partition coefficient (Wildman–Crippen LogP) is 3.88. The maximum Gasteiger partial charge on any atom is 0.259 e. The molecular formula is C23H16ClN3O3. The molecule has 0 bridgehead atoms. The number of carbonyl (C=O) groups is 3. The molecule has 2 amide bonds. The van der Waals surface area contributed by atoms with E-state index in [4.69, 9.17) is 11.6 Å². The van der Waals surface area contributed by atoms with Crippen LogP contribution in [0.15, 0.2) is 72.6 Å². The van der Waals surface area contributed by atoms with Gasteiger partial charge < -0.3 is 10.6 Å². The largest absolute Gasteiger partial charge is 0.348 e. The van der Waals surface area contributed by atoms with Crippen LogP contribution in [-0.4, -0.2) is 22.6 Å². The number of rotatable bonds is 4. The van der Waals surface area contributed by atoms with Gasteiger partial charge >= 0.3 is 0 Å². The highest BCUT2D eigenvalue weighted by molar-refractivity contribution is 6.36. The molecule has 0 aliphatic carbocycles. The quantitative estimate of drug-likeness (QED) is 0.498. The second kappa shape index (κ2) is 8.31. The highest BCUT2D eigenvalue weighted by Crippen LogP contribution is 2.28. The number of pyridine rings is 1. The lowest BCUT2D eigenvalue weighted by Gasteiger charge is -2.19. The minimum absolute atomic E-state index is 0.000772. The van der Waals surface area contributed by atoms with E-state index in [-0.39, 0.29) is 17.0 Å². The lowest BCUT2D eigenvalue weighted by molar-refractivity contribution is -0.112. The molecule has 30 heavy (non-hydrogen) atoms. The summed E-state index contributed by atoms with van der Waals surface area (Å²) in [5.41, 5.74) is 2.56. The molecule has 148 valence electrons. The smallest absolute Gasteiger partial charge is 0.259 e. The van der Waals surface area contributed by atoms with Gasteiger partial charge in [0.15, 0.2) is 0 Å². The molecule has 0 radical (unpaired) electrons. The van der Waals surface area contributed by atoms with Gasteiger partial charge in [0.25, 0.3) is 11.8 Å². The van der Waals surface area contributed by atoms with Gasteiger partial charge in [0, 0.05) is 35.1 Å². The predicted molar refractivity (Wildman–Crippen MR) is 114 cm³/mol. The molecule has 0 saturated heterocycles. The number of hydrogen-bond donors (Lipinski definition) is 2. The van der Waals surface area contributed by atoms with Crippen molar-refractivity contribution in [3.63, 3.8) is 0 Å². The van der Waals surface area contributed by atoms with Crippen LogP contribution >= 0.6 is 11.6 Å². The standard InChI is InChI=1S/C23H16ClN3O3/c24-17-4-1-14(2-5-17)11-19-21(28)18-12-16(3-6-20(18)27-23(19)30)22(29)26-13-15-7-9-25-10-8-15/h1-12H,13H2,(H,26,29)(H,27,30). The second-order valence-corrected chi connectivity index (χ2v) is 7.13. The van der Waals surface area contributed by atoms with Gasteiger partial charge in [0.2, 0.25) is 5.78 Å². The monoisotopic (exact) mass is 417 g/mol. The molecule has 2 N–H and O–H groups in total. The van der Waals surface area contributed by atoms with E-state index in [1.807, 2.05) is 0 Å². The van der Waals surface area contributed by atoms with E-state index < -0.39 is 11.7 Å². The van der Waals surface area contributed by atoms with Crippen molar-refractivity contribution >= 4 is 41.0 Å². The fourth-order valence-electron chi connectivity index (χ4n) is 3.06. The van der Waals surface area contributed by atoms with Crippen LogP contribution in [0, 0.1) is 0 Å². The molecule has 0 unspecified atom stereocenters. The van der Waals surface area contributed by atoms with Crippen LogP contribution in [-0.2, 0) is 11.3 Å². The Morgan fingerprint density at radius 3 is 2.50 bits per heavy atom. The second-order valence-electron chi connectivity index (χ2n) is 6.69. The lowest BCUT2D eigenvalue weighted by Crippen LogP contribution is -2.28. The van der Waals surface area contributed by atoms with Gasteiger partial charge in [-0.1, -0.05) is 23.7 Å². The molecule has 4 rings (SSSR count). The molecule has 1 aliphatic rings. The Morgan fingerprint density at radius 2 is 1.77 bits per heavy atom. The SMILES string of the molecule is O=C1Nc2ccc(C(=O)NCc3ccncc3)cc2C(=O)C1=Cc1ccc(Cl)cc1. The third kappa shape index (κ3) is 4.14. The summed E-state index contributed by atoms with van der Waals surface area (Å²) in [4.78, 5) is 41.8. The number of ketones is 1. The van der Waals surface area contributed by atoms with E-state index >= 15 is 0 Å². The van der Waals surface area contributed by atoms with Crippen molar-refractivity contribution in [1.29, 1.82) is 0 Å². The fraction of sp³-hybridized carbons (Fsp3) is 0.0435. The first kappa shape index (κ1) is 19.5. The van der Waals surface area contributed by atoms with E-state index in [9.17, 15) is 14.4 Å². The van der Waals surface area contributed by atoms with Crippen LogP contribution in [0.3, 0.4) is 0 Å². The first-order valence-corrected chi connectivity index (χ1v) is 9.53. The van der Waals surface area contributed by atoms with Gasteiger partial charge in [-0.2, -0.15) is 0 Å². The van der Waals surface area contributed by atoms with Crippen molar-refractivity contribution in [2.75, 3.05) is 5.32 Å². The van der Waals surface area contributed by atoms with Crippen LogP contribution in [0.2, 0.25) is 5.02 Å². The summed E-state index contributed by atoms with van der Waals surface area (Å²) in [6, 6.07) is 15.0. The zero-order chi connectivity index (χ0) is 21.1. The molecular weight excluding hydrogens is 402 g/mol. The average molecular weight is 418 g/mol. The summed E-state index contributed by atoms with van der Waals surface area (Å²) < 4.78 is 0. The molecule has 6 nitrogen and oxygen atoms in total. The summed E-state index contributed by atoms with van der Waals surface area (Å²) in [5.74, 6) is -1.24. The van der Waals surface area contributed by atoms with E-state index in [1.165, 1.54) is 12.1 Å². The Labute approximate surface area is 177 Å². The summed E-state index contributed by atoms with van der Waals surface area (Å²) in [6.07, 6.45) is 4.81. The summed E-state index contributed by atoms with van der Waals surface area (Å²) in [5, 5.41) is 6.07. The number of fused-ring (bicyclic) bond motifs is 1. The highest BCUT2D eigenvalue weighted by atomic mass is 35.5. The number of hydrogen-bond acceptors (Lipinski definition) is 4. The first-order chi connectivity index (χ1) is 14.5. The molecule has 0 spiro atoms. The third-order valence-corrected chi connectivity index (χ3v) is 4.90. The van der Waals surface area contributed by atoms with Gasteiger partial charge in [-0.15, -0.1) is 0 Å². The van der Waals surface area contributed by atoms with Crippen molar-refractivity contribution in [2.24, 2.45) is 0 Å². The van der Waals surface area contributed by atoms with Gasteiger partial charge in [0.1, 0.15) is 0 Å². The Morgan fingerprint density at radius 1 is 1.03 bits per heavy atom. The van der Waals surface area contributed by atoms with Crippen LogP contribution in [0.25, 0.3) is 6.08 Å². The summed E-state index contributed by atoms with van der Waals surface area (Å²) in [6.45, 7) is 0.338. The molecule has 2 aromatic carbocycles. The molecule has 1 aromatic heterocycles. The van der Waals surface area contributed by atoms with Crippen molar-refractivity contribution in [2.45, 2.75) is 6.54 Å². The van der Waals surface area contributed by atoms with Crippen LogP contribution in [0.5, 0.6) is 0 Å². The van der Waals surface area contributed by atoms with Gasteiger partial charge in [0.05, 0.1) is 11.3 Å². The fourth-order valence-corrected chi connectivity index (χ4v) is 3.19. The van der Waals surface area contributed by atoms with Crippen molar-refractivity contribution < 1.29 is 14.4 Å². The van der Waals surface area contributed by atoms with Crippen LogP contribution in [0.1, 0.15) is 31.8 Å². The van der Waals surface area contributed by atoms with E-state index in [0.29, 0.717) is 28.4 Å². The number of anilines is 1. The minimum Gasteiger partial charge on any atom is -0.348 e. The zero-order valence-corrected chi connectivity index (χ0v) is 16.4. The topological polar surface area (TPSA) is 88.2 Å². The Bertz CT molecular complexity index is 1170. The maximum atomic E-state index is 13.0. The Balaban J connectivity index is 1.58.